The van der Waals surface area contributed by atoms with E-state index in [1.807, 2.05) is 0 Å². The lowest BCUT2D eigenvalue weighted by Gasteiger charge is -2.09. The van der Waals surface area contributed by atoms with E-state index in [2.05, 4.69) is 15.0 Å². The number of amides is 1. The van der Waals surface area contributed by atoms with Crippen molar-refractivity contribution in [3.63, 3.8) is 0 Å². The zero-order chi connectivity index (χ0) is 13.4. The maximum atomic E-state index is 11.4. The molecule has 2 N–H and O–H groups in total. The van der Waals surface area contributed by atoms with Crippen molar-refractivity contribution in [2.45, 2.75) is 11.0 Å². The van der Waals surface area contributed by atoms with Crippen LogP contribution < -0.4 is 5.32 Å². The van der Waals surface area contributed by atoms with Crippen molar-refractivity contribution in [3.8, 4) is 0 Å². The first-order valence-corrected chi connectivity index (χ1v) is 6.17. The number of nitrogens with one attached hydrogen (secondary N) is 1. The van der Waals surface area contributed by atoms with Crippen LogP contribution in [-0.4, -0.2) is 47.5 Å². The van der Waals surface area contributed by atoms with E-state index < -0.39 is 12.1 Å². The summed E-state index contributed by atoms with van der Waals surface area (Å²) < 4.78 is 4.32. The summed E-state index contributed by atoms with van der Waals surface area (Å²) in [6.07, 6.45) is 1.95. The summed E-state index contributed by atoms with van der Waals surface area (Å²) in [5.41, 5.74) is 0. The first-order chi connectivity index (χ1) is 8.63. The Morgan fingerprint density at radius 2 is 2.17 bits per heavy atom. The number of aliphatic hydroxyl groups is 1. The van der Waals surface area contributed by atoms with Gasteiger partial charge in [0.15, 0.2) is 6.10 Å². The van der Waals surface area contributed by atoms with Gasteiger partial charge in [0, 0.05) is 17.3 Å². The molecule has 1 rings (SSSR count). The van der Waals surface area contributed by atoms with Crippen molar-refractivity contribution < 1.29 is 19.4 Å². The number of esters is 1. The molecule has 0 aromatic carbocycles. The molecule has 1 aromatic heterocycles. The van der Waals surface area contributed by atoms with Crippen LogP contribution in [0.1, 0.15) is 0 Å². The largest absolute Gasteiger partial charge is 0.467 e. The van der Waals surface area contributed by atoms with Gasteiger partial charge in [-0.15, -0.1) is 11.8 Å². The lowest BCUT2D eigenvalue weighted by atomic mass is 10.3. The van der Waals surface area contributed by atoms with E-state index in [9.17, 15) is 14.7 Å². The maximum absolute atomic E-state index is 11.4. The van der Waals surface area contributed by atoms with Crippen molar-refractivity contribution >= 4 is 23.6 Å². The third kappa shape index (κ3) is 5.15. The lowest BCUT2D eigenvalue weighted by molar-refractivity contribution is -0.150. The van der Waals surface area contributed by atoms with Gasteiger partial charge in [0.1, 0.15) is 0 Å². The molecule has 0 spiro atoms. The molecule has 0 aliphatic rings. The number of carbonyl (C=O) groups excluding carboxylic acids is 2. The Morgan fingerprint density at radius 1 is 1.50 bits per heavy atom. The van der Waals surface area contributed by atoms with E-state index >= 15 is 0 Å². The number of ether oxygens (including phenoxy) is 1. The van der Waals surface area contributed by atoms with Crippen LogP contribution in [0.15, 0.2) is 29.4 Å². The molecule has 1 heterocycles. The van der Waals surface area contributed by atoms with Crippen LogP contribution in [0.25, 0.3) is 0 Å². The SMILES string of the molecule is COC(=O)C(O)CNC(=O)CSc1ccncc1. The molecule has 18 heavy (non-hydrogen) atoms. The first kappa shape index (κ1) is 14.5. The number of hydrogen-bond donors (Lipinski definition) is 2. The van der Waals surface area contributed by atoms with Crippen LogP contribution in [-0.2, 0) is 14.3 Å². The van der Waals surface area contributed by atoms with E-state index in [-0.39, 0.29) is 18.2 Å². The summed E-state index contributed by atoms with van der Waals surface area (Å²) in [5, 5.41) is 11.7. The number of hydrogen-bond acceptors (Lipinski definition) is 6. The van der Waals surface area contributed by atoms with Crippen molar-refractivity contribution in [2.24, 2.45) is 0 Å². The predicted molar refractivity (Wildman–Crippen MR) is 66.0 cm³/mol. The summed E-state index contributed by atoms with van der Waals surface area (Å²) in [5.74, 6) is -0.824. The second-order valence-electron chi connectivity index (χ2n) is 3.31. The Kier molecular flexibility index (Phi) is 6.16. The molecule has 0 radical (unpaired) electrons. The Balaban J connectivity index is 2.24. The lowest BCUT2D eigenvalue weighted by Crippen LogP contribution is -2.37. The van der Waals surface area contributed by atoms with Crippen molar-refractivity contribution in [2.75, 3.05) is 19.4 Å². The standard InChI is InChI=1S/C11H14N2O4S/c1-17-11(16)9(14)6-13-10(15)7-18-8-2-4-12-5-3-8/h2-5,9,14H,6-7H2,1H3,(H,13,15). The van der Waals surface area contributed by atoms with Gasteiger partial charge < -0.3 is 15.2 Å². The Hall–Kier alpha value is -1.60. The van der Waals surface area contributed by atoms with E-state index in [0.717, 1.165) is 4.90 Å². The van der Waals surface area contributed by atoms with Gasteiger partial charge in [0.05, 0.1) is 19.4 Å². The fraction of sp³-hybridized carbons (Fsp3) is 0.364. The molecule has 1 amide bonds. The number of rotatable bonds is 6. The molecule has 98 valence electrons. The quantitative estimate of drug-likeness (QED) is 0.551. The molecule has 0 saturated carbocycles. The van der Waals surface area contributed by atoms with Crippen LogP contribution in [0.3, 0.4) is 0 Å². The number of aromatic nitrogens is 1. The fourth-order valence-electron chi connectivity index (χ4n) is 1.06. The molecule has 0 aliphatic carbocycles. The van der Waals surface area contributed by atoms with Gasteiger partial charge in [-0.1, -0.05) is 0 Å². The summed E-state index contributed by atoms with van der Waals surface area (Å²) >= 11 is 1.34. The van der Waals surface area contributed by atoms with Gasteiger partial charge in [0.25, 0.3) is 0 Å². The average molecular weight is 270 g/mol. The van der Waals surface area contributed by atoms with Gasteiger partial charge in [0.2, 0.25) is 5.91 Å². The van der Waals surface area contributed by atoms with Gasteiger partial charge in [-0.05, 0) is 12.1 Å². The predicted octanol–water partition coefficient (Wildman–Crippen LogP) is -0.176. The summed E-state index contributed by atoms with van der Waals surface area (Å²) in [7, 11) is 1.17. The Labute approximate surface area is 109 Å². The van der Waals surface area contributed by atoms with Gasteiger partial charge >= 0.3 is 5.97 Å². The van der Waals surface area contributed by atoms with E-state index in [1.54, 1.807) is 24.5 Å². The van der Waals surface area contributed by atoms with Crippen LogP contribution in [0.4, 0.5) is 0 Å². The number of pyridine rings is 1. The minimum Gasteiger partial charge on any atom is -0.467 e. The van der Waals surface area contributed by atoms with E-state index in [4.69, 9.17) is 0 Å². The first-order valence-electron chi connectivity index (χ1n) is 5.19. The van der Waals surface area contributed by atoms with Crippen LogP contribution in [0, 0.1) is 0 Å². The summed E-state index contributed by atoms with van der Waals surface area (Å²) in [4.78, 5) is 27.1. The Morgan fingerprint density at radius 3 is 2.78 bits per heavy atom. The van der Waals surface area contributed by atoms with Crippen LogP contribution in [0.5, 0.6) is 0 Å². The number of methoxy groups -OCH3 is 1. The van der Waals surface area contributed by atoms with Crippen LogP contribution in [0.2, 0.25) is 0 Å². The fourth-order valence-corrected chi connectivity index (χ4v) is 1.78. The van der Waals surface area contributed by atoms with Crippen LogP contribution >= 0.6 is 11.8 Å². The molecule has 1 aromatic rings. The highest BCUT2D eigenvalue weighted by molar-refractivity contribution is 8.00. The zero-order valence-corrected chi connectivity index (χ0v) is 10.6. The highest BCUT2D eigenvalue weighted by Crippen LogP contribution is 2.15. The normalized spacial score (nSPS) is 11.7. The molecule has 1 atom stereocenters. The topological polar surface area (TPSA) is 88.5 Å². The molecule has 0 fully saturated rings. The monoisotopic (exact) mass is 270 g/mol. The molecule has 0 aliphatic heterocycles. The molecule has 7 heteroatoms. The van der Waals surface area contributed by atoms with Crippen molar-refractivity contribution in [1.82, 2.24) is 10.3 Å². The maximum Gasteiger partial charge on any atom is 0.336 e. The van der Waals surface area contributed by atoms with Gasteiger partial charge in [-0.25, -0.2) is 4.79 Å². The second kappa shape index (κ2) is 7.67. The van der Waals surface area contributed by atoms with Gasteiger partial charge in [-0.3, -0.25) is 9.78 Å². The number of aliphatic hydroxyl groups excluding tert-OH is 1. The summed E-state index contributed by atoms with van der Waals surface area (Å²) in [6.45, 7) is -0.150. The third-order valence-electron chi connectivity index (χ3n) is 1.99. The average Bonchev–Trinajstić information content (AvgIpc) is 2.42. The van der Waals surface area contributed by atoms with E-state index in [0.29, 0.717) is 0 Å². The van der Waals surface area contributed by atoms with E-state index in [1.165, 1.54) is 18.9 Å². The number of thioether (sulfide) groups is 1. The summed E-state index contributed by atoms with van der Waals surface area (Å²) in [6, 6.07) is 3.59. The van der Waals surface area contributed by atoms with Gasteiger partial charge in [-0.2, -0.15) is 0 Å². The highest BCUT2D eigenvalue weighted by Gasteiger charge is 2.15. The molecular formula is C11H14N2O4S. The zero-order valence-electron chi connectivity index (χ0n) is 9.83. The molecular weight excluding hydrogens is 256 g/mol. The number of carbonyl (C=O) groups is 2. The molecule has 1 unspecified atom stereocenters. The minimum atomic E-state index is -1.33. The smallest absolute Gasteiger partial charge is 0.336 e. The second-order valence-corrected chi connectivity index (χ2v) is 4.36. The third-order valence-corrected chi connectivity index (χ3v) is 3.00. The molecule has 0 bridgehead atoms. The van der Waals surface area contributed by atoms with Crippen molar-refractivity contribution in [3.05, 3.63) is 24.5 Å². The van der Waals surface area contributed by atoms with Crippen molar-refractivity contribution in [1.29, 1.82) is 0 Å². The minimum absolute atomic E-state index is 0.150. The number of nitrogens with zero attached hydrogens (tertiary/aromatic N) is 1. The molecule has 6 nitrogen and oxygen atoms in total. The molecule has 0 saturated heterocycles. The highest BCUT2D eigenvalue weighted by atomic mass is 32.2. The Bertz CT molecular complexity index is 399.